The van der Waals surface area contributed by atoms with Crippen LogP contribution in [0.15, 0.2) is 47.4 Å². The van der Waals surface area contributed by atoms with Crippen LogP contribution in [0.4, 0.5) is 5.69 Å². The van der Waals surface area contributed by atoms with E-state index in [1.165, 1.54) is 25.9 Å². The van der Waals surface area contributed by atoms with Gasteiger partial charge in [0, 0.05) is 19.9 Å². The number of nitrogens with one attached hydrogen (secondary N) is 2. The summed E-state index contributed by atoms with van der Waals surface area (Å²) in [6, 6.07) is 12.4. The first kappa shape index (κ1) is 18.0. The standard InChI is InChI=1S/C20H24N4O2S/c1-15-5-8-17(9-6-15)27(25,26)22-16-7-10-19-18(13-16)21-20(23(19)2)14-24-11-3-4-12-24/h5-10,13,22H,3-4,11-12,14H2,1-2H3/p+1. The number of benzene rings is 2. The molecule has 27 heavy (non-hydrogen) atoms. The highest BCUT2D eigenvalue weighted by molar-refractivity contribution is 7.92. The van der Waals surface area contributed by atoms with Gasteiger partial charge in [-0.15, -0.1) is 0 Å². The second-order valence-electron chi connectivity index (χ2n) is 7.34. The van der Waals surface area contributed by atoms with E-state index in [-0.39, 0.29) is 4.90 Å². The molecule has 1 aliphatic heterocycles. The van der Waals surface area contributed by atoms with E-state index in [9.17, 15) is 8.42 Å². The summed E-state index contributed by atoms with van der Waals surface area (Å²) in [4.78, 5) is 6.58. The first-order chi connectivity index (χ1) is 12.9. The molecule has 2 N–H and O–H groups in total. The lowest BCUT2D eigenvalue weighted by Crippen LogP contribution is -3.08. The molecule has 142 valence electrons. The lowest BCUT2D eigenvalue weighted by molar-refractivity contribution is -0.902. The largest absolute Gasteiger partial charge is 0.329 e. The van der Waals surface area contributed by atoms with E-state index < -0.39 is 10.0 Å². The van der Waals surface area contributed by atoms with E-state index in [1.54, 1.807) is 35.2 Å². The van der Waals surface area contributed by atoms with Gasteiger partial charge in [0.25, 0.3) is 10.0 Å². The van der Waals surface area contributed by atoms with Gasteiger partial charge in [0.1, 0.15) is 6.54 Å². The zero-order valence-electron chi connectivity index (χ0n) is 15.7. The summed E-state index contributed by atoms with van der Waals surface area (Å²) < 4.78 is 30.0. The minimum Gasteiger partial charge on any atom is -0.329 e. The third kappa shape index (κ3) is 3.70. The second-order valence-corrected chi connectivity index (χ2v) is 9.03. The van der Waals surface area contributed by atoms with Gasteiger partial charge in [-0.1, -0.05) is 17.7 Å². The molecule has 1 aliphatic rings. The number of rotatable bonds is 5. The summed E-state index contributed by atoms with van der Waals surface area (Å²) in [6.45, 7) is 5.24. The van der Waals surface area contributed by atoms with E-state index in [1.807, 2.05) is 26.1 Å². The zero-order valence-corrected chi connectivity index (χ0v) is 16.5. The van der Waals surface area contributed by atoms with E-state index in [0.29, 0.717) is 5.69 Å². The quantitative estimate of drug-likeness (QED) is 0.704. The number of aromatic nitrogens is 2. The Morgan fingerprint density at radius 3 is 2.52 bits per heavy atom. The number of hydrogen-bond acceptors (Lipinski definition) is 3. The van der Waals surface area contributed by atoms with Crippen molar-refractivity contribution in [3.8, 4) is 0 Å². The van der Waals surface area contributed by atoms with Gasteiger partial charge >= 0.3 is 0 Å². The first-order valence-electron chi connectivity index (χ1n) is 9.31. The Hall–Kier alpha value is -2.38. The van der Waals surface area contributed by atoms with Crippen molar-refractivity contribution in [2.45, 2.75) is 31.2 Å². The lowest BCUT2D eigenvalue weighted by atomic mass is 10.2. The molecule has 4 rings (SSSR count). The normalized spacial score (nSPS) is 15.5. The number of likely N-dealkylation sites (tertiary alicyclic amines) is 1. The Balaban J connectivity index is 1.60. The fourth-order valence-corrected chi connectivity index (χ4v) is 4.73. The van der Waals surface area contributed by atoms with E-state index in [0.717, 1.165) is 29.0 Å². The van der Waals surface area contributed by atoms with Gasteiger partial charge in [0.2, 0.25) is 0 Å². The van der Waals surface area contributed by atoms with Gasteiger partial charge in [-0.3, -0.25) is 4.72 Å². The lowest BCUT2D eigenvalue weighted by Gasteiger charge is -2.11. The van der Waals surface area contributed by atoms with Crippen LogP contribution in [0, 0.1) is 6.92 Å². The van der Waals surface area contributed by atoms with E-state index >= 15 is 0 Å². The number of hydrogen-bond donors (Lipinski definition) is 2. The number of anilines is 1. The molecule has 0 spiro atoms. The van der Waals surface area contributed by atoms with Crippen molar-refractivity contribution in [2.75, 3.05) is 17.8 Å². The van der Waals surface area contributed by atoms with Crippen LogP contribution < -0.4 is 9.62 Å². The SMILES string of the molecule is Cc1ccc(S(=O)(=O)Nc2ccc3c(c2)nc(C[NH+]2CCCC2)n3C)cc1. The van der Waals surface area contributed by atoms with Crippen LogP contribution >= 0.6 is 0 Å². The predicted octanol–water partition coefficient (Wildman–Crippen LogP) is 1.86. The van der Waals surface area contributed by atoms with E-state index in [4.69, 9.17) is 4.98 Å². The summed E-state index contributed by atoms with van der Waals surface area (Å²) in [5, 5.41) is 0. The van der Waals surface area contributed by atoms with Gasteiger partial charge in [0.05, 0.1) is 34.7 Å². The highest BCUT2D eigenvalue weighted by Crippen LogP contribution is 2.22. The number of aryl methyl sites for hydroxylation is 2. The van der Waals surface area contributed by atoms with Crippen LogP contribution in [0.3, 0.4) is 0 Å². The third-order valence-electron chi connectivity index (χ3n) is 5.28. The van der Waals surface area contributed by atoms with Crippen molar-refractivity contribution in [3.63, 3.8) is 0 Å². The molecule has 7 heteroatoms. The Morgan fingerprint density at radius 1 is 1.11 bits per heavy atom. The smallest absolute Gasteiger partial charge is 0.261 e. The van der Waals surface area contributed by atoms with Gasteiger partial charge < -0.3 is 9.47 Å². The maximum absolute atomic E-state index is 12.6. The molecule has 1 fully saturated rings. The van der Waals surface area contributed by atoms with Crippen LogP contribution in [0.25, 0.3) is 11.0 Å². The van der Waals surface area contributed by atoms with Gasteiger partial charge in [-0.25, -0.2) is 13.4 Å². The third-order valence-corrected chi connectivity index (χ3v) is 6.67. The Morgan fingerprint density at radius 2 is 1.81 bits per heavy atom. The molecular formula is C20H25N4O2S+. The molecule has 0 amide bonds. The van der Waals surface area contributed by atoms with Crippen molar-refractivity contribution in [1.29, 1.82) is 0 Å². The minimum absolute atomic E-state index is 0.257. The highest BCUT2D eigenvalue weighted by Gasteiger charge is 2.20. The van der Waals surface area contributed by atoms with Crippen molar-refractivity contribution < 1.29 is 13.3 Å². The predicted molar refractivity (Wildman–Crippen MR) is 106 cm³/mol. The fourth-order valence-electron chi connectivity index (χ4n) is 3.68. The Kier molecular flexibility index (Phi) is 4.65. The maximum Gasteiger partial charge on any atom is 0.261 e. The molecule has 6 nitrogen and oxygen atoms in total. The van der Waals surface area contributed by atoms with Crippen LogP contribution in [0.1, 0.15) is 24.2 Å². The summed E-state index contributed by atoms with van der Waals surface area (Å²) in [6.07, 6.45) is 2.56. The number of imidazole rings is 1. The summed E-state index contributed by atoms with van der Waals surface area (Å²) in [5.74, 6) is 1.04. The van der Waals surface area contributed by atoms with Crippen LogP contribution in [-0.4, -0.2) is 31.1 Å². The minimum atomic E-state index is -3.61. The molecule has 3 aromatic rings. The Bertz CT molecular complexity index is 1070. The highest BCUT2D eigenvalue weighted by atomic mass is 32.2. The molecule has 0 radical (unpaired) electrons. The van der Waals surface area contributed by atoms with Crippen molar-refractivity contribution in [1.82, 2.24) is 9.55 Å². The van der Waals surface area contributed by atoms with Crippen LogP contribution in [-0.2, 0) is 23.6 Å². The number of sulfonamides is 1. The summed E-state index contributed by atoms with van der Waals surface area (Å²) in [5.41, 5.74) is 3.38. The van der Waals surface area contributed by atoms with Crippen molar-refractivity contribution in [3.05, 3.63) is 53.9 Å². The average molecular weight is 386 g/mol. The van der Waals surface area contributed by atoms with Crippen LogP contribution in [0.2, 0.25) is 0 Å². The van der Waals surface area contributed by atoms with Crippen molar-refractivity contribution in [2.24, 2.45) is 7.05 Å². The average Bonchev–Trinajstić information content (AvgIpc) is 3.24. The monoisotopic (exact) mass is 385 g/mol. The zero-order chi connectivity index (χ0) is 19.0. The van der Waals surface area contributed by atoms with E-state index in [2.05, 4.69) is 9.29 Å². The number of nitrogens with zero attached hydrogens (tertiary/aromatic N) is 2. The fraction of sp³-hybridized carbons (Fsp3) is 0.350. The summed E-state index contributed by atoms with van der Waals surface area (Å²) in [7, 11) is -1.59. The molecule has 0 bridgehead atoms. The molecular weight excluding hydrogens is 360 g/mol. The number of fused-ring (bicyclic) bond motifs is 1. The molecule has 1 aromatic heterocycles. The topological polar surface area (TPSA) is 68.4 Å². The van der Waals surface area contributed by atoms with Gasteiger partial charge in [-0.05, 0) is 37.3 Å². The number of quaternary nitrogens is 1. The molecule has 2 aromatic carbocycles. The van der Waals surface area contributed by atoms with Crippen LogP contribution in [0.5, 0.6) is 0 Å². The second kappa shape index (κ2) is 6.98. The Labute approximate surface area is 159 Å². The molecule has 0 atom stereocenters. The maximum atomic E-state index is 12.6. The molecule has 1 saturated heterocycles. The van der Waals surface area contributed by atoms with Crippen molar-refractivity contribution >= 4 is 26.7 Å². The molecule has 0 unspecified atom stereocenters. The summed E-state index contributed by atoms with van der Waals surface area (Å²) >= 11 is 0. The molecule has 0 aliphatic carbocycles. The van der Waals surface area contributed by atoms with Gasteiger partial charge in [0.15, 0.2) is 5.82 Å². The van der Waals surface area contributed by atoms with Gasteiger partial charge in [-0.2, -0.15) is 0 Å². The molecule has 0 saturated carbocycles. The first-order valence-corrected chi connectivity index (χ1v) is 10.8. The molecule has 2 heterocycles.